The zero-order valence-corrected chi connectivity index (χ0v) is 18.5. The molecule has 3 rings (SSSR count). The summed E-state index contributed by atoms with van der Waals surface area (Å²) in [6.07, 6.45) is 4.95. The average Bonchev–Trinajstić information content (AvgIpc) is 3.07. The summed E-state index contributed by atoms with van der Waals surface area (Å²) in [5.41, 5.74) is 4.70. The van der Waals surface area contributed by atoms with E-state index in [0.29, 0.717) is 5.92 Å². The van der Waals surface area contributed by atoms with Gasteiger partial charge in [-0.3, -0.25) is 4.99 Å². The highest BCUT2D eigenvalue weighted by atomic mass is 127. The number of aryl methyl sites for hydroxylation is 1. The quantitative estimate of drug-likeness (QED) is 0.323. The SMILES string of the molecule is CN=C(NCCc1cn2ccccc2n1)NCC(C)c1cccc(C)c1.I. The van der Waals surface area contributed by atoms with Crippen molar-refractivity contribution in [3.05, 3.63) is 71.7 Å². The Labute approximate surface area is 178 Å². The summed E-state index contributed by atoms with van der Waals surface area (Å²) in [6.45, 7) is 6.00. The van der Waals surface area contributed by atoms with Crippen LogP contribution in [0.15, 0.2) is 59.9 Å². The van der Waals surface area contributed by atoms with Gasteiger partial charge in [-0.15, -0.1) is 24.0 Å². The molecule has 144 valence electrons. The molecule has 0 bridgehead atoms. The van der Waals surface area contributed by atoms with Crippen molar-refractivity contribution in [1.29, 1.82) is 0 Å². The second-order valence-corrected chi connectivity index (χ2v) is 6.64. The number of aromatic nitrogens is 2. The first-order valence-corrected chi connectivity index (χ1v) is 9.09. The number of fused-ring (bicyclic) bond motifs is 1. The smallest absolute Gasteiger partial charge is 0.191 e. The lowest BCUT2D eigenvalue weighted by atomic mass is 9.99. The zero-order valence-electron chi connectivity index (χ0n) is 16.1. The Kier molecular flexibility index (Phi) is 8.09. The number of halogens is 1. The fraction of sp³-hybridized carbons (Fsp3) is 0.333. The van der Waals surface area contributed by atoms with Crippen LogP contribution in [0.4, 0.5) is 0 Å². The van der Waals surface area contributed by atoms with E-state index in [1.54, 1.807) is 7.05 Å². The maximum Gasteiger partial charge on any atom is 0.191 e. The van der Waals surface area contributed by atoms with Crippen molar-refractivity contribution in [2.75, 3.05) is 20.1 Å². The maximum absolute atomic E-state index is 4.62. The van der Waals surface area contributed by atoms with Gasteiger partial charge in [-0.2, -0.15) is 0 Å². The van der Waals surface area contributed by atoms with Crippen molar-refractivity contribution in [1.82, 2.24) is 20.0 Å². The molecule has 1 aromatic carbocycles. The summed E-state index contributed by atoms with van der Waals surface area (Å²) in [6, 6.07) is 14.7. The second kappa shape index (κ2) is 10.3. The van der Waals surface area contributed by atoms with Crippen LogP contribution in [0.25, 0.3) is 5.65 Å². The van der Waals surface area contributed by atoms with E-state index in [9.17, 15) is 0 Å². The largest absolute Gasteiger partial charge is 0.356 e. The van der Waals surface area contributed by atoms with E-state index in [1.807, 2.05) is 28.8 Å². The van der Waals surface area contributed by atoms with Gasteiger partial charge in [-0.25, -0.2) is 4.98 Å². The first kappa shape index (κ1) is 21.2. The summed E-state index contributed by atoms with van der Waals surface area (Å²) in [5.74, 6) is 1.25. The van der Waals surface area contributed by atoms with Gasteiger partial charge in [-0.1, -0.05) is 42.8 Å². The number of guanidine groups is 1. The van der Waals surface area contributed by atoms with Crippen LogP contribution >= 0.6 is 24.0 Å². The summed E-state index contributed by atoms with van der Waals surface area (Å²) in [7, 11) is 1.80. The Hall–Kier alpha value is -2.09. The lowest BCUT2D eigenvalue weighted by molar-refractivity contribution is 0.696. The molecule has 0 spiro atoms. The van der Waals surface area contributed by atoms with Crippen LogP contribution in [0.3, 0.4) is 0 Å². The average molecular weight is 477 g/mol. The van der Waals surface area contributed by atoms with Crippen molar-refractivity contribution in [3.63, 3.8) is 0 Å². The molecule has 2 heterocycles. The van der Waals surface area contributed by atoms with E-state index in [0.717, 1.165) is 36.8 Å². The monoisotopic (exact) mass is 477 g/mol. The van der Waals surface area contributed by atoms with Crippen LogP contribution in [0.1, 0.15) is 29.7 Å². The number of hydrogen-bond donors (Lipinski definition) is 2. The summed E-state index contributed by atoms with van der Waals surface area (Å²) >= 11 is 0. The van der Waals surface area contributed by atoms with Crippen LogP contribution in [0, 0.1) is 6.92 Å². The molecule has 0 amide bonds. The van der Waals surface area contributed by atoms with E-state index in [-0.39, 0.29) is 24.0 Å². The number of hydrogen-bond acceptors (Lipinski definition) is 2. The second-order valence-electron chi connectivity index (χ2n) is 6.64. The van der Waals surface area contributed by atoms with E-state index in [2.05, 4.69) is 64.9 Å². The van der Waals surface area contributed by atoms with Gasteiger partial charge in [0.05, 0.1) is 5.69 Å². The van der Waals surface area contributed by atoms with E-state index in [1.165, 1.54) is 11.1 Å². The van der Waals surface area contributed by atoms with Crippen LogP contribution < -0.4 is 10.6 Å². The van der Waals surface area contributed by atoms with Gasteiger partial charge in [0.15, 0.2) is 5.96 Å². The fourth-order valence-electron chi connectivity index (χ4n) is 2.98. The summed E-state index contributed by atoms with van der Waals surface area (Å²) in [4.78, 5) is 8.93. The van der Waals surface area contributed by atoms with E-state index in [4.69, 9.17) is 0 Å². The minimum absolute atomic E-state index is 0. The molecule has 0 aliphatic rings. The highest BCUT2D eigenvalue weighted by molar-refractivity contribution is 14.0. The number of rotatable bonds is 6. The molecule has 0 radical (unpaired) electrons. The van der Waals surface area contributed by atoms with Crippen molar-refractivity contribution in [2.24, 2.45) is 4.99 Å². The molecular weight excluding hydrogens is 449 g/mol. The first-order chi connectivity index (χ1) is 12.7. The molecule has 27 heavy (non-hydrogen) atoms. The van der Waals surface area contributed by atoms with Gasteiger partial charge in [-0.05, 0) is 30.5 Å². The molecular formula is C21H28IN5. The Bertz CT molecular complexity index is 854. The predicted molar refractivity (Wildman–Crippen MR) is 123 cm³/mol. The van der Waals surface area contributed by atoms with Gasteiger partial charge in [0.1, 0.15) is 5.65 Å². The van der Waals surface area contributed by atoms with E-state index >= 15 is 0 Å². The molecule has 5 nitrogen and oxygen atoms in total. The van der Waals surface area contributed by atoms with Gasteiger partial charge in [0.25, 0.3) is 0 Å². The Morgan fingerprint density at radius 3 is 2.78 bits per heavy atom. The van der Waals surface area contributed by atoms with Gasteiger partial charge in [0.2, 0.25) is 0 Å². The van der Waals surface area contributed by atoms with Crippen LogP contribution in [0.2, 0.25) is 0 Å². The molecule has 0 aliphatic heterocycles. The molecule has 0 aliphatic carbocycles. The summed E-state index contributed by atoms with van der Waals surface area (Å²) in [5, 5.41) is 6.78. The molecule has 0 saturated heterocycles. The van der Waals surface area contributed by atoms with Crippen molar-refractivity contribution in [2.45, 2.75) is 26.2 Å². The maximum atomic E-state index is 4.62. The Morgan fingerprint density at radius 1 is 1.19 bits per heavy atom. The lowest BCUT2D eigenvalue weighted by Crippen LogP contribution is -2.39. The Balaban J connectivity index is 0.00000261. The molecule has 6 heteroatoms. The van der Waals surface area contributed by atoms with Crippen molar-refractivity contribution < 1.29 is 0 Å². The molecule has 1 unspecified atom stereocenters. The van der Waals surface area contributed by atoms with E-state index < -0.39 is 0 Å². The third-order valence-corrected chi connectivity index (χ3v) is 4.50. The molecule has 1 atom stereocenters. The van der Waals surface area contributed by atoms with Gasteiger partial charge in [0, 0.05) is 39.0 Å². The van der Waals surface area contributed by atoms with Crippen LogP contribution in [0.5, 0.6) is 0 Å². The van der Waals surface area contributed by atoms with Crippen molar-refractivity contribution in [3.8, 4) is 0 Å². The highest BCUT2D eigenvalue weighted by Gasteiger charge is 2.07. The van der Waals surface area contributed by atoms with Crippen LogP contribution in [-0.4, -0.2) is 35.5 Å². The molecule has 0 fully saturated rings. The zero-order chi connectivity index (χ0) is 18.4. The topological polar surface area (TPSA) is 53.7 Å². The summed E-state index contributed by atoms with van der Waals surface area (Å²) < 4.78 is 2.05. The third kappa shape index (κ3) is 5.95. The first-order valence-electron chi connectivity index (χ1n) is 9.09. The normalized spacial score (nSPS) is 12.5. The van der Waals surface area contributed by atoms with Gasteiger partial charge >= 0.3 is 0 Å². The van der Waals surface area contributed by atoms with Crippen LogP contribution in [-0.2, 0) is 6.42 Å². The Morgan fingerprint density at radius 2 is 2.04 bits per heavy atom. The number of pyridine rings is 1. The third-order valence-electron chi connectivity index (χ3n) is 4.50. The minimum Gasteiger partial charge on any atom is -0.356 e. The molecule has 2 aromatic heterocycles. The lowest BCUT2D eigenvalue weighted by Gasteiger charge is -2.16. The van der Waals surface area contributed by atoms with Crippen molar-refractivity contribution >= 4 is 35.6 Å². The molecule has 0 saturated carbocycles. The number of imidazole rings is 1. The number of nitrogens with one attached hydrogen (secondary N) is 2. The van der Waals surface area contributed by atoms with Gasteiger partial charge < -0.3 is 15.0 Å². The predicted octanol–water partition coefficient (Wildman–Crippen LogP) is 3.77. The fourth-order valence-corrected chi connectivity index (χ4v) is 2.98. The number of benzene rings is 1. The molecule has 2 N–H and O–H groups in total. The highest BCUT2D eigenvalue weighted by Crippen LogP contribution is 2.15. The number of nitrogens with zero attached hydrogens (tertiary/aromatic N) is 3. The minimum atomic E-state index is 0. The number of aliphatic imine (C=N–C) groups is 1. The standard InChI is InChI=1S/C21H27N5.HI/c1-16-7-6-8-18(13-16)17(2)14-24-21(22-3)23-11-10-19-15-26-12-5-4-9-20(26)25-19;/h4-9,12-13,15,17H,10-11,14H2,1-3H3,(H2,22,23,24);1H. The molecule has 3 aromatic rings.